The van der Waals surface area contributed by atoms with E-state index in [1.165, 1.54) is 19.3 Å². The highest BCUT2D eigenvalue weighted by Gasteiger charge is 2.35. The zero-order valence-corrected chi connectivity index (χ0v) is 24.3. The average molecular weight is 585 g/mol. The van der Waals surface area contributed by atoms with E-state index in [1.807, 2.05) is 52.4 Å². The molecule has 0 N–H and O–H groups in total. The number of alkyl halides is 1. The van der Waals surface area contributed by atoms with Crippen LogP contribution in [-0.2, 0) is 6.42 Å². The average Bonchev–Trinajstić information content (AvgIpc) is 3.38. The quantitative estimate of drug-likeness (QED) is 0.351. The van der Waals surface area contributed by atoms with Gasteiger partial charge in [0.25, 0.3) is 5.91 Å². The molecule has 0 radical (unpaired) electrons. The normalized spacial score (nSPS) is 21.6. The molecule has 2 saturated heterocycles. The number of carbonyl (C=O) groups is 1. The number of hydrogen-bond acceptors (Lipinski definition) is 4. The van der Waals surface area contributed by atoms with E-state index in [0.29, 0.717) is 60.8 Å². The van der Waals surface area contributed by atoms with Crippen molar-refractivity contribution in [1.29, 1.82) is 5.26 Å². The minimum absolute atomic E-state index is 0.00784. The molecule has 2 aromatic rings. The summed E-state index contributed by atoms with van der Waals surface area (Å²) in [6, 6.07) is 11.8. The molecular weight excluding hydrogens is 548 g/mol. The van der Waals surface area contributed by atoms with Gasteiger partial charge in [-0.05, 0) is 66.6 Å². The lowest BCUT2D eigenvalue weighted by Gasteiger charge is -2.34. The molecule has 2 aromatic carbocycles. The first-order chi connectivity index (χ1) is 19.5. The Bertz CT molecular complexity index is 1240. The lowest BCUT2D eigenvalue weighted by Crippen LogP contribution is -2.49. The van der Waals surface area contributed by atoms with Gasteiger partial charge in [-0.15, -0.1) is 0 Å². The van der Waals surface area contributed by atoms with Crippen molar-refractivity contribution >= 4 is 34.9 Å². The van der Waals surface area contributed by atoms with Gasteiger partial charge in [0.1, 0.15) is 12.5 Å². The minimum Gasteiger partial charge on any atom is -0.356 e. The minimum atomic E-state index is -0.361. The molecule has 0 spiro atoms. The van der Waals surface area contributed by atoms with Crippen LogP contribution in [0.2, 0.25) is 10.0 Å². The highest BCUT2D eigenvalue weighted by atomic mass is 35.5. The zero-order valence-electron chi connectivity index (χ0n) is 22.8. The topological polar surface area (TPSA) is 62.9 Å². The largest absolute Gasteiger partial charge is 0.356 e. The molecular formula is C31H36Cl2FN5O. The molecule has 212 valence electrons. The summed E-state index contributed by atoms with van der Waals surface area (Å²) in [5, 5.41) is 10.6. The van der Waals surface area contributed by atoms with Gasteiger partial charge in [0, 0.05) is 66.8 Å². The summed E-state index contributed by atoms with van der Waals surface area (Å²) in [4.78, 5) is 23.5. The first kappa shape index (κ1) is 28.9. The Morgan fingerprint density at radius 2 is 1.62 bits per heavy atom. The van der Waals surface area contributed by atoms with E-state index in [4.69, 9.17) is 23.2 Å². The van der Waals surface area contributed by atoms with Gasteiger partial charge in [-0.2, -0.15) is 10.3 Å². The second-order valence-electron chi connectivity index (χ2n) is 11.1. The summed E-state index contributed by atoms with van der Waals surface area (Å²) >= 11 is 13.6. The van der Waals surface area contributed by atoms with Gasteiger partial charge >= 0.3 is 0 Å². The second-order valence-corrected chi connectivity index (χ2v) is 11.9. The van der Waals surface area contributed by atoms with Crippen molar-refractivity contribution in [2.45, 2.75) is 51.0 Å². The number of likely N-dealkylation sites (tertiary alicyclic amines) is 1. The summed E-state index contributed by atoms with van der Waals surface area (Å²) in [5.41, 5.74) is 3.32. The lowest BCUT2D eigenvalue weighted by molar-refractivity contribution is 0.0630. The van der Waals surface area contributed by atoms with Gasteiger partial charge in [-0.25, -0.2) is 4.39 Å². The smallest absolute Gasteiger partial charge is 0.253 e. The summed E-state index contributed by atoms with van der Waals surface area (Å²) in [5.74, 6) is 0.993. The van der Waals surface area contributed by atoms with Crippen molar-refractivity contribution < 1.29 is 9.18 Å². The number of halogens is 3. The van der Waals surface area contributed by atoms with Crippen molar-refractivity contribution in [3.63, 3.8) is 0 Å². The van der Waals surface area contributed by atoms with Crippen LogP contribution in [0.5, 0.6) is 0 Å². The van der Waals surface area contributed by atoms with Crippen molar-refractivity contribution in [1.82, 2.24) is 14.7 Å². The number of piperazine rings is 1. The van der Waals surface area contributed by atoms with E-state index in [9.17, 15) is 14.4 Å². The van der Waals surface area contributed by atoms with E-state index in [-0.39, 0.29) is 18.5 Å². The molecule has 1 saturated carbocycles. The number of benzene rings is 2. The van der Waals surface area contributed by atoms with Crippen LogP contribution in [0, 0.1) is 17.4 Å². The van der Waals surface area contributed by atoms with Crippen molar-refractivity contribution in [2.75, 3.05) is 45.9 Å². The Balaban J connectivity index is 1.26. The van der Waals surface area contributed by atoms with E-state index in [0.717, 1.165) is 48.3 Å². The molecule has 1 atom stereocenters. The molecule has 6 nitrogen and oxygen atoms in total. The number of amides is 1. The maximum atomic E-state index is 13.0. The lowest BCUT2D eigenvalue weighted by atomic mass is 9.93. The maximum absolute atomic E-state index is 13.0. The van der Waals surface area contributed by atoms with Crippen molar-refractivity contribution in [3.05, 3.63) is 57.6 Å². The van der Waals surface area contributed by atoms with Crippen LogP contribution in [0.25, 0.3) is 11.1 Å². The fourth-order valence-electron chi connectivity index (χ4n) is 6.43. The molecule has 3 aliphatic rings. The Morgan fingerprint density at radius 1 is 0.950 bits per heavy atom. The highest BCUT2D eigenvalue weighted by molar-refractivity contribution is 6.36. The molecule has 40 heavy (non-hydrogen) atoms. The van der Waals surface area contributed by atoms with Crippen LogP contribution in [-0.4, -0.2) is 78.4 Å². The van der Waals surface area contributed by atoms with Crippen molar-refractivity contribution in [2.24, 2.45) is 10.9 Å². The molecule has 5 rings (SSSR count). The summed E-state index contributed by atoms with van der Waals surface area (Å²) in [7, 11) is 0. The van der Waals surface area contributed by atoms with Gasteiger partial charge in [0.2, 0.25) is 6.19 Å². The Hall–Kier alpha value is -2.66. The van der Waals surface area contributed by atoms with Crippen LogP contribution in [0.1, 0.15) is 54.4 Å². The highest BCUT2D eigenvalue weighted by Crippen LogP contribution is 2.37. The third kappa shape index (κ3) is 6.46. The number of carbonyl (C=O) groups excluding carboxylic acids is 1. The molecule has 2 aliphatic heterocycles. The first-order valence-corrected chi connectivity index (χ1v) is 15.1. The number of rotatable bonds is 7. The van der Waals surface area contributed by atoms with E-state index in [1.54, 1.807) is 0 Å². The van der Waals surface area contributed by atoms with Crippen LogP contribution in [0.4, 0.5) is 4.39 Å². The molecule has 1 unspecified atom stereocenters. The second kappa shape index (κ2) is 13.3. The van der Waals surface area contributed by atoms with Crippen LogP contribution in [0.3, 0.4) is 0 Å². The molecule has 2 heterocycles. The number of nitriles is 1. The third-order valence-corrected chi connectivity index (χ3v) is 9.35. The number of nitrogens with zero attached hydrogens (tertiary/aromatic N) is 5. The Kier molecular flexibility index (Phi) is 9.62. The van der Waals surface area contributed by atoms with Crippen LogP contribution in [0.15, 0.2) is 41.4 Å². The van der Waals surface area contributed by atoms with Gasteiger partial charge in [-0.1, -0.05) is 54.6 Å². The maximum Gasteiger partial charge on any atom is 0.253 e. The van der Waals surface area contributed by atoms with Gasteiger partial charge in [0.15, 0.2) is 0 Å². The predicted molar refractivity (Wildman–Crippen MR) is 159 cm³/mol. The first-order valence-electron chi connectivity index (χ1n) is 14.4. The fourth-order valence-corrected chi connectivity index (χ4v) is 7.07. The zero-order chi connectivity index (χ0) is 28.1. The van der Waals surface area contributed by atoms with Crippen LogP contribution >= 0.6 is 23.2 Å². The molecule has 1 aliphatic carbocycles. The standard InChI is InChI=1S/C31H36Cl2FN5O/c32-28-19-25(22-6-8-23(9-7-22)31(40)38-16-14-37(13-11-34)15-17-38)20-29(33)27(28)18-24-10-12-39(30(24)36-21-35)26-4-2-1-3-5-26/h6-9,19-20,24,26H,1-5,10-18H2/b36-30-. The SMILES string of the molecule is N#C/N=C1/C(Cc2c(Cl)cc(-c3ccc(C(=O)N4CCN(CCF)CC4)cc3)cc2Cl)CCN1C1CCCCC1. The number of hydrogen-bond donors (Lipinski definition) is 0. The molecule has 1 amide bonds. The van der Waals surface area contributed by atoms with Crippen LogP contribution < -0.4 is 0 Å². The number of aliphatic imine (C=N–C) groups is 1. The molecule has 0 bridgehead atoms. The third-order valence-electron chi connectivity index (χ3n) is 8.67. The van der Waals surface area contributed by atoms with E-state index in [2.05, 4.69) is 9.89 Å². The Morgan fingerprint density at radius 3 is 2.25 bits per heavy atom. The van der Waals surface area contributed by atoms with E-state index >= 15 is 0 Å². The van der Waals surface area contributed by atoms with Crippen molar-refractivity contribution in [3.8, 4) is 17.3 Å². The molecule has 9 heteroatoms. The Labute approximate surface area is 246 Å². The number of amidine groups is 1. The molecule has 3 fully saturated rings. The molecule has 0 aromatic heterocycles. The van der Waals surface area contributed by atoms with Gasteiger partial charge in [0.05, 0.1) is 0 Å². The van der Waals surface area contributed by atoms with Gasteiger partial charge in [-0.3, -0.25) is 9.69 Å². The fraction of sp³-hybridized carbons (Fsp3) is 0.516. The van der Waals surface area contributed by atoms with E-state index < -0.39 is 0 Å². The summed E-state index contributed by atoms with van der Waals surface area (Å²) < 4.78 is 12.6. The van der Waals surface area contributed by atoms with Gasteiger partial charge < -0.3 is 9.80 Å². The summed E-state index contributed by atoms with van der Waals surface area (Å²) in [6.07, 6.45) is 9.69. The summed E-state index contributed by atoms with van der Waals surface area (Å²) in [6.45, 7) is 3.58. The predicted octanol–water partition coefficient (Wildman–Crippen LogP) is 6.46. The monoisotopic (exact) mass is 583 g/mol.